The van der Waals surface area contributed by atoms with Gasteiger partial charge in [-0.05, 0) is 55.6 Å². The molecule has 3 N–H and O–H groups in total. The van der Waals surface area contributed by atoms with Crippen molar-refractivity contribution in [2.45, 2.75) is 58.4 Å². The van der Waals surface area contributed by atoms with E-state index in [2.05, 4.69) is 47.5 Å². The van der Waals surface area contributed by atoms with E-state index in [1.807, 2.05) is 42.5 Å². The molecule has 1 atom stereocenters. The van der Waals surface area contributed by atoms with Crippen molar-refractivity contribution in [1.82, 2.24) is 15.2 Å². The monoisotopic (exact) mass is 475 g/mol. The van der Waals surface area contributed by atoms with Crippen molar-refractivity contribution in [3.8, 4) is 6.07 Å². The molecule has 0 spiro atoms. The quantitative estimate of drug-likeness (QED) is 0.0865. The van der Waals surface area contributed by atoms with Gasteiger partial charge in [0.15, 0.2) is 0 Å². The van der Waals surface area contributed by atoms with Gasteiger partial charge >= 0.3 is 0 Å². The molecule has 7 heteroatoms. The van der Waals surface area contributed by atoms with E-state index in [1.54, 1.807) is 0 Å². The molecule has 0 saturated carbocycles. The van der Waals surface area contributed by atoms with Crippen LogP contribution in [0.3, 0.4) is 0 Å². The number of nitrogens with zero attached hydrogens (tertiary/aromatic N) is 4. The predicted molar refractivity (Wildman–Crippen MR) is 143 cm³/mol. The first-order chi connectivity index (χ1) is 17.1. The van der Waals surface area contributed by atoms with Gasteiger partial charge in [-0.3, -0.25) is 10.3 Å². The summed E-state index contributed by atoms with van der Waals surface area (Å²) in [6, 6.07) is 19.4. The van der Waals surface area contributed by atoms with Gasteiger partial charge in [-0.15, -0.1) is 0 Å². The number of unbranched alkanes of at least 4 members (excludes halogenated alkanes) is 3. The highest BCUT2D eigenvalue weighted by atomic mass is 15.5. The number of benzene rings is 2. The SMILES string of the molecule is CCCCCNCCN(CCCC)C(C(=N)N(CCc1ccccc1)N=N)c1ccc(C#N)cc1. The van der Waals surface area contributed by atoms with Crippen molar-refractivity contribution in [2.24, 2.45) is 5.22 Å². The molecule has 0 amide bonds. The largest absolute Gasteiger partial charge is 0.315 e. The Kier molecular flexibility index (Phi) is 13.3. The summed E-state index contributed by atoms with van der Waals surface area (Å²) in [7, 11) is 0. The molecule has 188 valence electrons. The molecule has 0 aliphatic rings. The average molecular weight is 476 g/mol. The molecule has 0 aliphatic carbocycles. The van der Waals surface area contributed by atoms with Crippen LogP contribution in [0.2, 0.25) is 0 Å². The van der Waals surface area contributed by atoms with Crippen LogP contribution in [0.25, 0.3) is 0 Å². The maximum absolute atomic E-state index is 9.25. The molecule has 0 fully saturated rings. The first-order valence-electron chi connectivity index (χ1n) is 12.9. The number of nitriles is 1. The molecular weight excluding hydrogens is 434 g/mol. The molecule has 2 aromatic carbocycles. The third kappa shape index (κ3) is 9.59. The van der Waals surface area contributed by atoms with Crippen LogP contribution in [0.5, 0.6) is 0 Å². The van der Waals surface area contributed by atoms with E-state index in [-0.39, 0.29) is 6.04 Å². The second-order valence-electron chi connectivity index (χ2n) is 8.83. The standard InChI is InChI=1S/C28H41N7/c1-3-5-10-18-32-19-22-34(20-6-4-2)27(26-15-13-25(23-29)14-16-26)28(30)35(33-31)21-17-24-11-8-7-9-12-24/h7-9,11-16,27,30-32H,3-6,10,17-22H2,1-2H3. The van der Waals surface area contributed by atoms with Gasteiger partial charge in [-0.2, -0.15) is 10.8 Å². The minimum Gasteiger partial charge on any atom is -0.315 e. The van der Waals surface area contributed by atoms with Crippen molar-refractivity contribution >= 4 is 5.84 Å². The van der Waals surface area contributed by atoms with E-state index in [0.717, 1.165) is 50.1 Å². The summed E-state index contributed by atoms with van der Waals surface area (Å²) < 4.78 is 0. The van der Waals surface area contributed by atoms with Crippen LogP contribution >= 0.6 is 0 Å². The highest BCUT2D eigenvalue weighted by Crippen LogP contribution is 2.25. The van der Waals surface area contributed by atoms with Gasteiger partial charge in [0, 0.05) is 19.6 Å². The van der Waals surface area contributed by atoms with Crippen molar-refractivity contribution in [3.63, 3.8) is 0 Å². The van der Waals surface area contributed by atoms with Crippen LogP contribution in [0.4, 0.5) is 0 Å². The van der Waals surface area contributed by atoms with E-state index >= 15 is 0 Å². The van der Waals surface area contributed by atoms with Gasteiger partial charge in [-0.1, -0.05) is 80.8 Å². The van der Waals surface area contributed by atoms with Crippen molar-refractivity contribution < 1.29 is 0 Å². The van der Waals surface area contributed by atoms with Gasteiger partial charge in [0.05, 0.1) is 17.7 Å². The van der Waals surface area contributed by atoms with Crippen molar-refractivity contribution in [2.75, 3.05) is 32.7 Å². The third-order valence-corrected chi connectivity index (χ3v) is 6.17. The third-order valence-electron chi connectivity index (χ3n) is 6.17. The molecule has 2 aromatic rings. The predicted octanol–water partition coefficient (Wildman–Crippen LogP) is 5.95. The number of amidine groups is 1. The lowest BCUT2D eigenvalue weighted by Gasteiger charge is -2.35. The fraction of sp³-hybridized carbons (Fsp3) is 0.500. The zero-order valence-corrected chi connectivity index (χ0v) is 21.3. The first kappa shape index (κ1) is 28.2. The van der Waals surface area contributed by atoms with Crippen LogP contribution in [-0.4, -0.2) is 48.5 Å². The maximum atomic E-state index is 9.25. The maximum Gasteiger partial charge on any atom is 0.140 e. The Hall–Kier alpha value is -3.08. The summed E-state index contributed by atoms with van der Waals surface area (Å²) in [4.78, 5) is 2.32. The second-order valence-corrected chi connectivity index (χ2v) is 8.83. The fourth-order valence-corrected chi connectivity index (χ4v) is 4.11. The summed E-state index contributed by atoms with van der Waals surface area (Å²) in [5.74, 6) is 0.294. The zero-order chi connectivity index (χ0) is 25.3. The van der Waals surface area contributed by atoms with Crippen molar-refractivity contribution in [3.05, 3.63) is 71.3 Å². The molecule has 0 saturated heterocycles. The lowest BCUT2D eigenvalue weighted by Crippen LogP contribution is -2.44. The van der Waals surface area contributed by atoms with Gasteiger partial charge < -0.3 is 5.32 Å². The molecule has 0 heterocycles. The molecule has 1 unspecified atom stereocenters. The topological polar surface area (TPSA) is 102 Å². The van der Waals surface area contributed by atoms with Crippen LogP contribution in [-0.2, 0) is 6.42 Å². The Morgan fingerprint density at radius 2 is 1.66 bits per heavy atom. The summed E-state index contributed by atoms with van der Waals surface area (Å²) in [6.45, 7) is 8.34. The second kappa shape index (κ2) is 16.5. The molecule has 0 aliphatic heterocycles. The van der Waals surface area contributed by atoms with E-state index < -0.39 is 0 Å². The Bertz CT molecular complexity index is 905. The summed E-state index contributed by atoms with van der Waals surface area (Å²) >= 11 is 0. The molecule has 0 radical (unpaired) electrons. The number of rotatable bonds is 17. The van der Waals surface area contributed by atoms with E-state index in [1.165, 1.54) is 24.3 Å². The minimum absolute atomic E-state index is 0.294. The number of hydrogen-bond donors (Lipinski definition) is 3. The highest BCUT2D eigenvalue weighted by molar-refractivity contribution is 5.85. The summed E-state index contributed by atoms with van der Waals surface area (Å²) in [5, 5.41) is 27.2. The van der Waals surface area contributed by atoms with Gasteiger partial charge in [-0.25, -0.2) is 5.01 Å². The molecule has 2 rings (SSSR count). The van der Waals surface area contributed by atoms with Gasteiger partial charge in [0.25, 0.3) is 0 Å². The molecular formula is C28H41N7. The normalized spacial score (nSPS) is 11.7. The van der Waals surface area contributed by atoms with E-state index in [4.69, 9.17) is 10.9 Å². The number of hydrogen-bond acceptors (Lipinski definition) is 6. The van der Waals surface area contributed by atoms with Crippen LogP contribution in [0, 0.1) is 22.3 Å². The van der Waals surface area contributed by atoms with Gasteiger partial charge in [0.1, 0.15) is 5.84 Å². The molecule has 0 bridgehead atoms. The highest BCUT2D eigenvalue weighted by Gasteiger charge is 2.28. The molecule has 0 aromatic heterocycles. The smallest absolute Gasteiger partial charge is 0.140 e. The Labute approximate surface area is 211 Å². The van der Waals surface area contributed by atoms with E-state index in [0.29, 0.717) is 24.4 Å². The fourth-order valence-electron chi connectivity index (χ4n) is 4.11. The average Bonchev–Trinajstić information content (AvgIpc) is 2.90. The molecule has 35 heavy (non-hydrogen) atoms. The van der Waals surface area contributed by atoms with Crippen LogP contribution in [0.15, 0.2) is 59.8 Å². The molecule has 7 nitrogen and oxygen atoms in total. The first-order valence-corrected chi connectivity index (χ1v) is 12.9. The van der Waals surface area contributed by atoms with Crippen LogP contribution in [0.1, 0.15) is 68.7 Å². The lowest BCUT2D eigenvalue weighted by molar-refractivity contribution is 0.221. The Morgan fingerprint density at radius 3 is 2.29 bits per heavy atom. The van der Waals surface area contributed by atoms with Gasteiger partial charge in [0.2, 0.25) is 0 Å². The lowest BCUT2D eigenvalue weighted by atomic mass is 10.0. The Morgan fingerprint density at radius 1 is 0.943 bits per heavy atom. The summed E-state index contributed by atoms with van der Waals surface area (Å²) in [5.41, 5.74) is 10.5. The van der Waals surface area contributed by atoms with Crippen molar-refractivity contribution in [1.29, 1.82) is 16.2 Å². The van der Waals surface area contributed by atoms with E-state index in [9.17, 15) is 5.26 Å². The summed E-state index contributed by atoms with van der Waals surface area (Å²) in [6.07, 6.45) is 6.40. The van der Waals surface area contributed by atoms with Crippen LogP contribution < -0.4 is 5.32 Å². The minimum atomic E-state index is -0.336. The number of nitrogens with one attached hydrogen (secondary N) is 3. The zero-order valence-electron chi connectivity index (χ0n) is 21.3. The Balaban J connectivity index is 2.24.